The van der Waals surface area contributed by atoms with Crippen LogP contribution in [-0.2, 0) is 12.5 Å². The fourth-order valence-electron chi connectivity index (χ4n) is 3.51. The van der Waals surface area contributed by atoms with Crippen molar-refractivity contribution in [2.45, 2.75) is 64.7 Å². The van der Waals surface area contributed by atoms with Crippen molar-refractivity contribution in [3.63, 3.8) is 0 Å². The maximum atomic E-state index is 8.84. The van der Waals surface area contributed by atoms with Gasteiger partial charge in [-0.3, -0.25) is 0 Å². The largest absolute Gasteiger partial charge is 0.212 e. The van der Waals surface area contributed by atoms with Crippen LogP contribution >= 0.6 is 0 Å². The molecule has 0 aliphatic heterocycles. The molecule has 1 fully saturated rings. The molecule has 0 radical (unpaired) electrons. The summed E-state index contributed by atoms with van der Waals surface area (Å²) in [6.45, 7) is 8.96. The third-order valence-corrected chi connectivity index (χ3v) is 5.14. The molecule has 0 spiro atoms. The maximum Gasteiger partial charge on any atom is 0.212 e. The molecule has 2 aromatic rings. The summed E-state index contributed by atoms with van der Waals surface area (Å²) in [4.78, 5) is 0. The van der Waals surface area contributed by atoms with Crippen molar-refractivity contribution < 1.29 is 5.94 Å². The van der Waals surface area contributed by atoms with Crippen molar-refractivity contribution in [1.29, 1.82) is 0 Å². The fraction of sp³-hybridized carbons (Fsp3) is 0.500. The Morgan fingerprint density at radius 3 is 2.43 bits per heavy atom. The molecule has 1 heterocycles. The smallest absolute Gasteiger partial charge is 0.201 e. The van der Waals surface area contributed by atoms with Crippen molar-refractivity contribution >= 4 is 0 Å². The van der Waals surface area contributed by atoms with Crippen LogP contribution < -0.4 is 4.57 Å². The highest BCUT2D eigenvalue weighted by Crippen LogP contribution is 2.35. The van der Waals surface area contributed by atoms with Crippen LogP contribution in [0.2, 0.25) is 0 Å². The molecule has 0 bridgehead atoms. The van der Waals surface area contributed by atoms with Crippen LogP contribution in [0, 0.1) is 6.92 Å². The van der Waals surface area contributed by atoms with Gasteiger partial charge < -0.3 is 0 Å². The Kier molecular flexibility index (Phi) is 3.97. The molecule has 0 amide bonds. The zero-order chi connectivity index (χ0) is 17.5. The van der Waals surface area contributed by atoms with Gasteiger partial charge in [-0.15, -0.1) is 0 Å². The molecular formula is C22H30N+. The Hall–Kier alpha value is -1.63. The monoisotopic (exact) mass is 309 g/mol. The number of pyridine rings is 1. The average Bonchev–Trinajstić information content (AvgIpc) is 2.95. The molecule has 1 aromatic carbocycles. The van der Waals surface area contributed by atoms with Crippen LogP contribution in [0.15, 0.2) is 36.5 Å². The molecule has 23 heavy (non-hydrogen) atoms. The Bertz CT molecular complexity index is 749. The zero-order valence-corrected chi connectivity index (χ0v) is 15.2. The predicted molar refractivity (Wildman–Crippen MR) is 97.7 cm³/mol. The molecule has 0 unspecified atom stereocenters. The molecule has 1 aliphatic rings. The van der Waals surface area contributed by atoms with Gasteiger partial charge in [-0.1, -0.05) is 45.7 Å². The second-order valence-electron chi connectivity index (χ2n) is 8.00. The highest BCUT2D eigenvalue weighted by Gasteiger charge is 2.22. The summed E-state index contributed by atoms with van der Waals surface area (Å²) in [5, 5.41) is 0. The number of aryl methyl sites for hydroxylation is 2. The molecule has 122 valence electrons. The van der Waals surface area contributed by atoms with Crippen molar-refractivity contribution in [2.75, 3.05) is 0 Å². The summed E-state index contributed by atoms with van der Waals surface area (Å²) >= 11 is 0. The van der Waals surface area contributed by atoms with Gasteiger partial charge in [0.1, 0.15) is 7.05 Å². The Morgan fingerprint density at radius 1 is 1.09 bits per heavy atom. The number of hydrogen-bond donors (Lipinski definition) is 0. The molecular weight excluding hydrogens is 278 g/mol. The summed E-state index contributed by atoms with van der Waals surface area (Å²) in [5.41, 5.74) is 6.47. The minimum atomic E-state index is -0.390. The Balaban J connectivity index is 2.12. The highest BCUT2D eigenvalue weighted by molar-refractivity contribution is 5.63. The average molecular weight is 309 g/mol. The van der Waals surface area contributed by atoms with E-state index in [9.17, 15) is 0 Å². The van der Waals surface area contributed by atoms with Gasteiger partial charge in [0.15, 0.2) is 6.20 Å². The standard InChI is InChI=1S/C22H30N/c1-16-10-11-19(22(2,3)4)15-20(16)21-14-18(12-13-23(21)5)17-8-6-7-9-17/h10-15,17H,6-9H2,1-5H3/q+1/i17D. The first-order chi connectivity index (χ1) is 11.2. The molecule has 1 aromatic heterocycles. The van der Waals surface area contributed by atoms with Crippen molar-refractivity contribution in [2.24, 2.45) is 7.05 Å². The number of rotatable bonds is 2. The van der Waals surface area contributed by atoms with Gasteiger partial charge in [-0.05, 0) is 53.8 Å². The van der Waals surface area contributed by atoms with Gasteiger partial charge in [-0.25, -0.2) is 4.57 Å². The van der Waals surface area contributed by atoms with Gasteiger partial charge in [0.25, 0.3) is 0 Å². The second kappa shape index (κ2) is 6.11. The zero-order valence-electron chi connectivity index (χ0n) is 16.2. The molecule has 1 heteroatoms. The SMILES string of the molecule is [2H]C1(c2cc[n+](C)c(-c3cc(C(C)(C)C)ccc3C)c2)CCCC1. The van der Waals surface area contributed by atoms with E-state index in [1.165, 1.54) is 40.8 Å². The number of aromatic nitrogens is 1. The quantitative estimate of drug-likeness (QED) is 0.650. The first kappa shape index (κ1) is 14.9. The lowest BCUT2D eigenvalue weighted by molar-refractivity contribution is -0.660. The summed E-state index contributed by atoms with van der Waals surface area (Å²) in [7, 11) is 2.10. The summed E-state index contributed by atoms with van der Waals surface area (Å²) in [5.74, 6) is -0.390. The van der Waals surface area contributed by atoms with Crippen molar-refractivity contribution in [1.82, 2.24) is 0 Å². The number of hydrogen-bond acceptors (Lipinski definition) is 0. The Morgan fingerprint density at radius 2 is 1.78 bits per heavy atom. The van der Waals surface area contributed by atoms with Crippen LogP contribution in [0.25, 0.3) is 11.3 Å². The molecule has 0 saturated heterocycles. The minimum absolute atomic E-state index is 0.140. The molecule has 0 N–H and O–H groups in total. The van der Waals surface area contributed by atoms with Crippen LogP contribution in [-0.4, -0.2) is 0 Å². The third kappa shape index (κ3) is 3.34. The molecule has 3 rings (SSSR count). The lowest BCUT2D eigenvalue weighted by atomic mass is 9.84. The van der Waals surface area contributed by atoms with Gasteiger partial charge in [0.2, 0.25) is 5.69 Å². The summed E-state index contributed by atoms with van der Waals surface area (Å²) < 4.78 is 11.0. The van der Waals surface area contributed by atoms with E-state index < -0.39 is 5.89 Å². The molecule has 0 atom stereocenters. The van der Waals surface area contributed by atoms with Crippen LogP contribution in [0.1, 0.15) is 70.4 Å². The highest BCUT2D eigenvalue weighted by atomic mass is 14.9. The number of benzene rings is 1. The predicted octanol–water partition coefficient (Wildman–Crippen LogP) is 5.44. The van der Waals surface area contributed by atoms with Gasteiger partial charge in [-0.2, -0.15) is 0 Å². The van der Waals surface area contributed by atoms with Crippen LogP contribution in [0.5, 0.6) is 0 Å². The van der Waals surface area contributed by atoms with Crippen molar-refractivity contribution in [3.8, 4) is 11.3 Å². The second-order valence-corrected chi connectivity index (χ2v) is 8.00. The summed E-state index contributed by atoms with van der Waals surface area (Å²) in [6, 6.07) is 11.2. The van der Waals surface area contributed by atoms with Gasteiger partial charge in [0.05, 0.1) is 0 Å². The summed E-state index contributed by atoms with van der Waals surface area (Å²) in [6.07, 6.45) is 6.46. The van der Waals surface area contributed by atoms with E-state index in [2.05, 4.69) is 75.8 Å². The van der Waals surface area contributed by atoms with E-state index in [0.29, 0.717) is 0 Å². The van der Waals surface area contributed by atoms with E-state index in [-0.39, 0.29) is 5.41 Å². The first-order valence-corrected chi connectivity index (χ1v) is 8.82. The van der Waals surface area contributed by atoms with Crippen molar-refractivity contribution in [3.05, 3.63) is 53.2 Å². The lowest BCUT2D eigenvalue weighted by Crippen LogP contribution is -2.31. The van der Waals surface area contributed by atoms with E-state index in [1.807, 2.05) is 0 Å². The molecule has 1 nitrogen and oxygen atoms in total. The third-order valence-electron chi connectivity index (χ3n) is 5.14. The number of nitrogens with zero attached hydrogens (tertiary/aromatic N) is 1. The lowest BCUT2D eigenvalue weighted by Gasteiger charge is -2.20. The van der Waals surface area contributed by atoms with Gasteiger partial charge in [0, 0.05) is 19.1 Å². The topological polar surface area (TPSA) is 3.88 Å². The normalized spacial score (nSPS) is 18.0. The molecule has 1 aliphatic carbocycles. The Labute approximate surface area is 142 Å². The van der Waals surface area contributed by atoms with Gasteiger partial charge >= 0.3 is 0 Å². The van der Waals surface area contributed by atoms with E-state index in [4.69, 9.17) is 1.37 Å². The van der Waals surface area contributed by atoms with E-state index >= 15 is 0 Å². The maximum absolute atomic E-state index is 8.84. The van der Waals surface area contributed by atoms with E-state index in [1.54, 1.807) is 0 Å². The minimum Gasteiger partial charge on any atom is -0.201 e. The first-order valence-electron chi connectivity index (χ1n) is 9.32. The van der Waals surface area contributed by atoms with Crippen LogP contribution in [0.4, 0.5) is 0 Å². The van der Waals surface area contributed by atoms with E-state index in [0.717, 1.165) is 12.8 Å². The molecule has 1 saturated carbocycles. The fourth-order valence-corrected chi connectivity index (χ4v) is 3.51. The van der Waals surface area contributed by atoms with Crippen LogP contribution in [0.3, 0.4) is 0 Å².